The molecule has 134 valence electrons. The van der Waals surface area contributed by atoms with Gasteiger partial charge in [0.1, 0.15) is 5.75 Å². The van der Waals surface area contributed by atoms with Crippen molar-refractivity contribution in [2.75, 3.05) is 25.1 Å². The molecule has 0 atom stereocenters. The van der Waals surface area contributed by atoms with Crippen molar-refractivity contribution in [1.82, 2.24) is 0 Å². The van der Waals surface area contributed by atoms with Gasteiger partial charge in [0, 0.05) is 18.8 Å². The zero-order valence-electron chi connectivity index (χ0n) is 15.9. The first-order valence-corrected chi connectivity index (χ1v) is 9.44. The van der Waals surface area contributed by atoms with Crippen LogP contribution in [0.2, 0.25) is 0 Å². The number of ether oxygens (including phenoxy) is 1. The summed E-state index contributed by atoms with van der Waals surface area (Å²) in [4.78, 5) is 2.52. The van der Waals surface area contributed by atoms with Gasteiger partial charge in [0.05, 0.1) is 7.11 Å². The number of anilines is 1. The van der Waals surface area contributed by atoms with Gasteiger partial charge in [0.15, 0.2) is 0 Å². The molecular formula is C23H31NO. The molecule has 2 nitrogen and oxygen atoms in total. The van der Waals surface area contributed by atoms with Gasteiger partial charge in [-0.3, -0.25) is 0 Å². The minimum absolute atomic E-state index is 0.890. The Morgan fingerprint density at radius 1 is 0.760 bits per heavy atom. The summed E-state index contributed by atoms with van der Waals surface area (Å²) in [5, 5.41) is 0. The fourth-order valence-corrected chi connectivity index (χ4v) is 2.77. The molecule has 0 heterocycles. The Morgan fingerprint density at radius 3 is 1.68 bits per heavy atom. The third-order valence-corrected chi connectivity index (χ3v) is 4.41. The van der Waals surface area contributed by atoms with E-state index in [1.807, 2.05) is 12.1 Å². The number of rotatable bonds is 10. The van der Waals surface area contributed by atoms with E-state index in [4.69, 9.17) is 4.74 Å². The van der Waals surface area contributed by atoms with Crippen molar-refractivity contribution in [3.63, 3.8) is 0 Å². The highest BCUT2D eigenvalue weighted by atomic mass is 16.5. The van der Waals surface area contributed by atoms with E-state index in [1.165, 1.54) is 42.5 Å². The quantitative estimate of drug-likeness (QED) is 0.474. The molecule has 25 heavy (non-hydrogen) atoms. The average Bonchev–Trinajstić information content (AvgIpc) is 2.67. The van der Waals surface area contributed by atoms with Gasteiger partial charge in [0.2, 0.25) is 0 Å². The summed E-state index contributed by atoms with van der Waals surface area (Å²) in [6.07, 6.45) is 9.29. The molecule has 0 N–H and O–H groups in total. The van der Waals surface area contributed by atoms with Crippen molar-refractivity contribution < 1.29 is 4.74 Å². The predicted octanol–water partition coefficient (Wildman–Crippen LogP) is 6.27. The van der Waals surface area contributed by atoms with E-state index in [9.17, 15) is 0 Å². The molecule has 0 aromatic heterocycles. The van der Waals surface area contributed by atoms with E-state index in [1.54, 1.807) is 7.11 Å². The van der Waals surface area contributed by atoms with Crippen LogP contribution in [0.1, 0.15) is 50.7 Å². The molecule has 2 aromatic carbocycles. The van der Waals surface area contributed by atoms with Gasteiger partial charge >= 0.3 is 0 Å². The lowest BCUT2D eigenvalue weighted by Gasteiger charge is -2.24. The lowest BCUT2D eigenvalue weighted by atomic mass is 10.1. The number of nitrogens with zero attached hydrogens (tertiary/aromatic N) is 1. The fraction of sp³-hybridized carbons (Fsp3) is 0.391. The first-order valence-electron chi connectivity index (χ1n) is 9.44. The Balaban J connectivity index is 2.02. The predicted molar refractivity (Wildman–Crippen MR) is 110 cm³/mol. The van der Waals surface area contributed by atoms with Crippen LogP contribution >= 0.6 is 0 Å². The first kappa shape index (κ1) is 19.1. The molecule has 0 unspecified atom stereocenters. The number of benzene rings is 2. The van der Waals surface area contributed by atoms with Gasteiger partial charge in [-0.1, -0.05) is 63.1 Å². The lowest BCUT2D eigenvalue weighted by Crippen LogP contribution is -2.25. The molecule has 0 aliphatic heterocycles. The van der Waals surface area contributed by atoms with Gasteiger partial charge in [-0.25, -0.2) is 0 Å². The van der Waals surface area contributed by atoms with Crippen molar-refractivity contribution in [3.05, 3.63) is 59.7 Å². The molecule has 2 aromatic rings. The molecule has 0 fully saturated rings. The second-order valence-electron chi connectivity index (χ2n) is 6.39. The van der Waals surface area contributed by atoms with Crippen molar-refractivity contribution in [1.29, 1.82) is 0 Å². The van der Waals surface area contributed by atoms with Crippen molar-refractivity contribution in [2.24, 2.45) is 0 Å². The van der Waals surface area contributed by atoms with Crippen LogP contribution in [0.25, 0.3) is 12.2 Å². The monoisotopic (exact) mass is 337 g/mol. The van der Waals surface area contributed by atoms with Gasteiger partial charge in [-0.2, -0.15) is 0 Å². The van der Waals surface area contributed by atoms with Gasteiger partial charge < -0.3 is 9.64 Å². The summed E-state index contributed by atoms with van der Waals surface area (Å²) in [6, 6.07) is 17.0. The summed E-state index contributed by atoms with van der Waals surface area (Å²) >= 11 is 0. The maximum atomic E-state index is 5.19. The minimum atomic E-state index is 0.890. The largest absolute Gasteiger partial charge is 0.497 e. The first-order chi connectivity index (χ1) is 12.3. The Kier molecular flexibility index (Phi) is 8.11. The summed E-state index contributed by atoms with van der Waals surface area (Å²) < 4.78 is 5.19. The molecule has 0 bridgehead atoms. The lowest BCUT2D eigenvalue weighted by molar-refractivity contribution is 0.415. The second kappa shape index (κ2) is 10.6. The van der Waals surface area contributed by atoms with Gasteiger partial charge in [0.25, 0.3) is 0 Å². The normalized spacial score (nSPS) is 11.0. The maximum absolute atomic E-state index is 5.19. The van der Waals surface area contributed by atoms with Crippen LogP contribution in [-0.2, 0) is 0 Å². The Hall–Kier alpha value is -2.22. The zero-order chi connectivity index (χ0) is 17.9. The number of unbranched alkanes of at least 4 members (excludes halogenated alkanes) is 2. The SMILES string of the molecule is CCCCN(CCCC)c1ccc(/C=C/c2ccc(OC)cc2)cc1. The third kappa shape index (κ3) is 6.30. The van der Waals surface area contributed by atoms with Crippen molar-refractivity contribution in [2.45, 2.75) is 39.5 Å². The Morgan fingerprint density at radius 2 is 1.24 bits per heavy atom. The standard InChI is InChI=1S/C23H31NO/c1-4-6-18-24(19-7-5-2)22-14-10-20(11-15-22)8-9-21-12-16-23(25-3)17-13-21/h8-17H,4-7,18-19H2,1-3H3/b9-8+. The highest BCUT2D eigenvalue weighted by Crippen LogP contribution is 2.19. The molecule has 0 saturated carbocycles. The van der Waals surface area contributed by atoms with Crippen LogP contribution in [0.15, 0.2) is 48.5 Å². The summed E-state index contributed by atoms with van der Waals surface area (Å²) in [5.41, 5.74) is 3.74. The number of hydrogen-bond donors (Lipinski definition) is 0. The molecule has 0 spiro atoms. The molecule has 0 radical (unpaired) electrons. The number of hydrogen-bond acceptors (Lipinski definition) is 2. The third-order valence-electron chi connectivity index (χ3n) is 4.41. The van der Waals surface area contributed by atoms with E-state index in [-0.39, 0.29) is 0 Å². The molecular weight excluding hydrogens is 306 g/mol. The molecule has 2 heteroatoms. The maximum Gasteiger partial charge on any atom is 0.118 e. The minimum Gasteiger partial charge on any atom is -0.497 e. The average molecular weight is 338 g/mol. The smallest absolute Gasteiger partial charge is 0.118 e. The van der Waals surface area contributed by atoms with Crippen LogP contribution in [0, 0.1) is 0 Å². The molecule has 0 aliphatic carbocycles. The van der Waals surface area contributed by atoms with Crippen LogP contribution < -0.4 is 9.64 Å². The second-order valence-corrected chi connectivity index (χ2v) is 6.39. The van der Waals surface area contributed by atoms with E-state index in [0.29, 0.717) is 0 Å². The molecule has 0 aliphatic rings. The summed E-state index contributed by atoms with van der Waals surface area (Å²) in [5.74, 6) is 0.890. The van der Waals surface area contributed by atoms with Crippen LogP contribution in [0.4, 0.5) is 5.69 Å². The van der Waals surface area contributed by atoms with E-state index in [2.05, 4.69) is 67.3 Å². The van der Waals surface area contributed by atoms with Gasteiger partial charge in [-0.15, -0.1) is 0 Å². The van der Waals surface area contributed by atoms with Crippen LogP contribution in [0.3, 0.4) is 0 Å². The summed E-state index contributed by atoms with van der Waals surface area (Å²) in [6.45, 7) is 6.81. The van der Waals surface area contributed by atoms with Gasteiger partial charge in [-0.05, 0) is 48.2 Å². The summed E-state index contributed by atoms with van der Waals surface area (Å²) in [7, 11) is 1.69. The van der Waals surface area contributed by atoms with E-state index >= 15 is 0 Å². The number of methoxy groups -OCH3 is 1. The van der Waals surface area contributed by atoms with E-state index in [0.717, 1.165) is 18.8 Å². The zero-order valence-corrected chi connectivity index (χ0v) is 15.9. The Bertz CT molecular complexity index is 620. The van der Waals surface area contributed by atoms with Crippen LogP contribution in [0.5, 0.6) is 5.75 Å². The molecule has 2 rings (SSSR count). The Labute approximate surface area is 153 Å². The highest BCUT2D eigenvalue weighted by Gasteiger charge is 2.05. The fourth-order valence-electron chi connectivity index (χ4n) is 2.77. The molecule has 0 saturated heterocycles. The van der Waals surface area contributed by atoms with Crippen molar-refractivity contribution in [3.8, 4) is 5.75 Å². The molecule has 0 amide bonds. The topological polar surface area (TPSA) is 12.5 Å². The van der Waals surface area contributed by atoms with E-state index < -0.39 is 0 Å². The highest BCUT2D eigenvalue weighted by molar-refractivity contribution is 5.70. The van der Waals surface area contributed by atoms with Crippen LogP contribution in [-0.4, -0.2) is 20.2 Å². The van der Waals surface area contributed by atoms with Crippen molar-refractivity contribution >= 4 is 17.8 Å².